The molecule has 0 fully saturated rings. The van der Waals surface area contributed by atoms with Crippen LogP contribution in [0.25, 0.3) is 0 Å². The fourth-order valence-electron chi connectivity index (χ4n) is 2.02. The number of rotatable bonds is 12. The molecule has 28 heavy (non-hydrogen) atoms. The highest BCUT2D eigenvalue weighted by Gasteiger charge is 2.22. The zero-order chi connectivity index (χ0) is 21.1. The number of carboxylic acids is 2. The van der Waals surface area contributed by atoms with Crippen LogP contribution in [-0.4, -0.2) is 58.3 Å². The highest BCUT2D eigenvalue weighted by atomic mass is 79.9. The van der Waals surface area contributed by atoms with Crippen LogP contribution in [0.4, 0.5) is 0 Å². The Morgan fingerprint density at radius 2 is 1.79 bits per heavy atom. The molecule has 2 atom stereocenters. The van der Waals surface area contributed by atoms with Crippen molar-refractivity contribution >= 4 is 51.4 Å². The molecule has 11 heteroatoms. The van der Waals surface area contributed by atoms with Crippen molar-refractivity contribution in [2.24, 2.45) is 5.73 Å². The molecular weight excluding hydrogens is 454 g/mol. The van der Waals surface area contributed by atoms with Gasteiger partial charge in [0.05, 0.1) is 0 Å². The Bertz CT molecular complexity index is 701. The highest BCUT2D eigenvalue weighted by Crippen LogP contribution is 2.16. The van der Waals surface area contributed by atoms with Gasteiger partial charge in [-0.25, -0.2) is 0 Å². The summed E-state index contributed by atoms with van der Waals surface area (Å²) in [5.41, 5.74) is 6.38. The number of amides is 2. The minimum atomic E-state index is -1.21. The molecule has 0 bridgehead atoms. The van der Waals surface area contributed by atoms with E-state index in [1.54, 1.807) is 0 Å². The van der Waals surface area contributed by atoms with E-state index in [0.717, 1.165) is 10.0 Å². The Morgan fingerprint density at radius 3 is 2.36 bits per heavy atom. The maximum atomic E-state index is 12.2. The number of hydrogen-bond acceptors (Lipinski definition) is 6. The second kappa shape index (κ2) is 12.4. The number of aliphatic carboxylic acids is 2. The third kappa shape index (κ3) is 9.72. The second-order valence-corrected chi connectivity index (χ2v) is 7.80. The lowest BCUT2D eigenvalue weighted by molar-refractivity contribution is -0.139. The molecule has 0 radical (unpaired) electrons. The number of hydrogen-bond donors (Lipinski definition) is 5. The van der Waals surface area contributed by atoms with Crippen LogP contribution in [0.1, 0.15) is 18.4 Å². The van der Waals surface area contributed by atoms with Gasteiger partial charge in [-0.05, 0) is 24.1 Å². The van der Waals surface area contributed by atoms with E-state index in [4.69, 9.17) is 15.9 Å². The van der Waals surface area contributed by atoms with Crippen molar-refractivity contribution in [2.75, 3.05) is 12.3 Å². The molecule has 154 valence electrons. The SMILES string of the molecule is N[C@H](CCC(=O)N[C@H](CSCc1ccc(Br)cc1)C(=O)NCC(=O)O)C(=O)O. The lowest BCUT2D eigenvalue weighted by Gasteiger charge is -2.18. The van der Waals surface area contributed by atoms with Crippen LogP contribution in [0.2, 0.25) is 0 Å². The standard InChI is InChI=1S/C17H22BrN3O6S/c18-11-3-1-10(2-4-11)8-28-9-13(16(25)20-7-15(23)24)21-14(22)6-5-12(19)17(26)27/h1-4,12-13H,5-9,19H2,(H,20,25)(H,21,22)(H,23,24)(H,26,27)/t12-,13-/m1/s1. The van der Waals surface area contributed by atoms with E-state index < -0.39 is 42.4 Å². The Labute approximate surface area is 174 Å². The van der Waals surface area contributed by atoms with E-state index in [9.17, 15) is 19.2 Å². The zero-order valence-electron chi connectivity index (χ0n) is 14.9. The molecule has 6 N–H and O–H groups in total. The molecule has 2 amide bonds. The number of thioether (sulfide) groups is 1. The number of carboxylic acid groups (broad SMARTS) is 2. The second-order valence-electron chi connectivity index (χ2n) is 5.86. The first-order valence-electron chi connectivity index (χ1n) is 8.28. The van der Waals surface area contributed by atoms with Gasteiger partial charge in [-0.1, -0.05) is 28.1 Å². The lowest BCUT2D eigenvalue weighted by atomic mass is 10.1. The van der Waals surface area contributed by atoms with Gasteiger partial charge in [-0.3, -0.25) is 19.2 Å². The summed E-state index contributed by atoms with van der Waals surface area (Å²) in [6.07, 6.45) is -0.232. The maximum absolute atomic E-state index is 12.2. The number of halogens is 1. The summed E-state index contributed by atoms with van der Waals surface area (Å²) in [6, 6.07) is 5.50. The van der Waals surface area contributed by atoms with Crippen molar-refractivity contribution < 1.29 is 29.4 Å². The Kier molecular flexibility index (Phi) is 10.6. The van der Waals surface area contributed by atoms with Crippen molar-refractivity contribution in [3.05, 3.63) is 34.3 Å². The predicted molar refractivity (Wildman–Crippen MR) is 108 cm³/mol. The van der Waals surface area contributed by atoms with Gasteiger partial charge < -0.3 is 26.6 Å². The fraction of sp³-hybridized carbons (Fsp3) is 0.412. The van der Waals surface area contributed by atoms with Crippen LogP contribution < -0.4 is 16.4 Å². The predicted octanol–water partition coefficient (Wildman–Crippen LogP) is 0.560. The molecule has 1 aromatic carbocycles. The summed E-state index contributed by atoms with van der Waals surface area (Å²) in [6.45, 7) is -0.563. The van der Waals surface area contributed by atoms with Gasteiger partial charge in [-0.15, -0.1) is 0 Å². The molecule has 0 aliphatic heterocycles. The number of benzene rings is 1. The topological polar surface area (TPSA) is 159 Å². The number of nitrogens with one attached hydrogen (secondary N) is 2. The quantitative estimate of drug-likeness (QED) is 0.293. The summed E-state index contributed by atoms with van der Waals surface area (Å²) in [5, 5.41) is 22.2. The summed E-state index contributed by atoms with van der Waals surface area (Å²) in [5.74, 6) is -2.76. The van der Waals surface area contributed by atoms with E-state index in [2.05, 4.69) is 26.6 Å². The van der Waals surface area contributed by atoms with E-state index in [-0.39, 0.29) is 18.6 Å². The molecule has 0 heterocycles. The van der Waals surface area contributed by atoms with Crippen molar-refractivity contribution in [1.82, 2.24) is 10.6 Å². The van der Waals surface area contributed by atoms with Crippen LogP contribution in [0.15, 0.2) is 28.7 Å². The van der Waals surface area contributed by atoms with Gasteiger partial charge in [0, 0.05) is 22.4 Å². The lowest BCUT2D eigenvalue weighted by Crippen LogP contribution is -2.49. The maximum Gasteiger partial charge on any atom is 0.322 e. The molecule has 0 aliphatic carbocycles. The fourth-order valence-corrected chi connectivity index (χ4v) is 3.30. The van der Waals surface area contributed by atoms with Crippen LogP contribution >= 0.6 is 27.7 Å². The van der Waals surface area contributed by atoms with Crippen molar-refractivity contribution in [2.45, 2.75) is 30.7 Å². The van der Waals surface area contributed by atoms with Gasteiger partial charge in [0.1, 0.15) is 18.6 Å². The molecular formula is C17H22BrN3O6S. The van der Waals surface area contributed by atoms with Gasteiger partial charge in [0.25, 0.3) is 0 Å². The summed E-state index contributed by atoms with van der Waals surface area (Å²) in [7, 11) is 0. The van der Waals surface area contributed by atoms with E-state index in [0.29, 0.717) is 5.75 Å². The Morgan fingerprint density at radius 1 is 1.14 bits per heavy atom. The van der Waals surface area contributed by atoms with E-state index in [1.165, 1.54) is 11.8 Å². The monoisotopic (exact) mass is 475 g/mol. The smallest absolute Gasteiger partial charge is 0.322 e. The van der Waals surface area contributed by atoms with Crippen molar-refractivity contribution in [3.8, 4) is 0 Å². The molecule has 0 spiro atoms. The van der Waals surface area contributed by atoms with Crippen molar-refractivity contribution in [3.63, 3.8) is 0 Å². The Balaban J connectivity index is 2.60. The molecule has 0 aliphatic rings. The highest BCUT2D eigenvalue weighted by molar-refractivity contribution is 9.10. The first kappa shape index (κ1) is 23.9. The molecule has 1 rings (SSSR count). The number of carbonyl (C=O) groups excluding carboxylic acids is 2. The van der Waals surface area contributed by atoms with Crippen LogP contribution in [-0.2, 0) is 24.9 Å². The van der Waals surface area contributed by atoms with Gasteiger partial charge in [-0.2, -0.15) is 11.8 Å². The van der Waals surface area contributed by atoms with Crippen LogP contribution in [0.3, 0.4) is 0 Å². The first-order chi connectivity index (χ1) is 13.2. The largest absolute Gasteiger partial charge is 0.480 e. The number of nitrogens with two attached hydrogens (primary N) is 1. The summed E-state index contributed by atoms with van der Waals surface area (Å²) < 4.78 is 0.944. The average Bonchev–Trinajstić information content (AvgIpc) is 2.64. The average molecular weight is 476 g/mol. The number of carbonyl (C=O) groups is 4. The molecule has 0 saturated carbocycles. The molecule has 9 nitrogen and oxygen atoms in total. The third-order valence-corrected chi connectivity index (χ3v) is 5.17. The zero-order valence-corrected chi connectivity index (χ0v) is 17.3. The van der Waals surface area contributed by atoms with Gasteiger partial charge in [0.15, 0.2) is 0 Å². The molecule has 0 unspecified atom stereocenters. The first-order valence-corrected chi connectivity index (χ1v) is 10.2. The molecule has 1 aromatic rings. The van der Waals surface area contributed by atoms with Gasteiger partial charge >= 0.3 is 11.9 Å². The minimum absolute atomic E-state index is 0.0728. The van der Waals surface area contributed by atoms with Crippen LogP contribution in [0, 0.1) is 0 Å². The normalized spacial score (nSPS) is 12.6. The van der Waals surface area contributed by atoms with E-state index in [1.807, 2.05) is 24.3 Å². The Hall–Kier alpha value is -2.11. The minimum Gasteiger partial charge on any atom is -0.480 e. The molecule has 0 aromatic heterocycles. The summed E-state index contributed by atoms with van der Waals surface area (Å²) >= 11 is 4.74. The summed E-state index contributed by atoms with van der Waals surface area (Å²) in [4.78, 5) is 45.6. The van der Waals surface area contributed by atoms with E-state index >= 15 is 0 Å². The molecule has 0 saturated heterocycles. The van der Waals surface area contributed by atoms with Gasteiger partial charge in [0.2, 0.25) is 11.8 Å². The van der Waals surface area contributed by atoms with Crippen LogP contribution in [0.5, 0.6) is 0 Å². The third-order valence-electron chi connectivity index (χ3n) is 3.53. The van der Waals surface area contributed by atoms with Crippen molar-refractivity contribution in [1.29, 1.82) is 0 Å².